The lowest BCUT2D eigenvalue weighted by molar-refractivity contribution is -0.136. The fourth-order valence-electron chi connectivity index (χ4n) is 2.05. The molecular weight excluding hydrogens is 330 g/mol. The van der Waals surface area contributed by atoms with Crippen molar-refractivity contribution in [3.8, 4) is 5.75 Å². The highest BCUT2D eigenvalue weighted by Crippen LogP contribution is 2.11. The SMILES string of the molecule is CCOC(=O)/C(C=O)=c1\s/c(=C\c2ccc(OC)cc2)c(=O)n1C. The third kappa shape index (κ3) is 3.62. The van der Waals surface area contributed by atoms with E-state index in [1.165, 1.54) is 11.6 Å². The minimum Gasteiger partial charge on any atom is -0.497 e. The number of thiazole rings is 1. The number of aromatic nitrogens is 1. The molecule has 0 aliphatic rings. The van der Waals surface area contributed by atoms with Crippen LogP contribution < -0.4 is 19.5 Å². The van der Waals surface area contributed by atoms with Crippen molar-refractivity contribution in [2.75, 3.05) is 13.7 Å². The number of ether oxygens (including phenoxy) is 2. The molecule has 0 N–H and O–H groups in total. The summed E-state index contributed by atoms with van der Waals surface area (Å²) in [5.74, 6) is -0.0221. The maximum absolute atomic E-state index is 12.4. The molecule has 126 valence electrons. The highest BCUT2D eigenvalue weighted by Gasteiger charge is 2.14. The van der Waals surface area contributed by atoms with Crippen molar-refractivity contribution < 1.29 is 19.1 Å². The number of carbonyl (C=O) groups is 2. The van der Waals surface area contributed by atoms with E-state index in [-0.39, 0.29) is 22.4 Å². The Bertz CT molecular complexity index is 921. The van der Waals surface area contributed by atoms with Crippen LogP contribution in [0.4, 0.5) is 0 Å². The lowest BCUT2D eigenvalue weighted by Crippen LogP contribution is -2.31. The van der Waals surface area contributed by atoms with Crippen LogP contribution in [0.5, 0.6) is 5.75 Å². The van der Waals surface area contributed by atoms with Crippen molar-refractivity contribution in [2.45, 2.75) is 6.92 Å². The second kappa shape index (κ2) is 7.74. The van der Waals surface area contributed by atoms with E-state index in [1.807, 2.05) is 12.1 Å². The molecule has 1 aromatic heterocycles. The van der Waals surface area contributed by atoms with Gasteiger partial charge in [-0.15, -0.1) is 11.3 Å². The normalized spacial score (nSPS) is 12.7. The minimum absolute atomic E-state index is 0.153. The molecule has 7 heteroatoms. The number of methoxy groups -OCH3 is 1. The van der Waals surface area contributed by atoms with Crippen molar-refractivity contribution >= 4 is 35.2 Å². The third-order valence-electron chi connectivity index (χ3n) is 3.28. The summed E-state index contributed by atoms with van der Waals surface area (Å²) in [7, 11) is 3.09. The van der Waals surface area contributed by atoms with Crippen molar-refractivity contribution in [2.24, 2.45) is 7.05 Å². The topological polar surface area (TPSA) is 74.6 Å². The van der Waals surface area contributed by atoms with Gasteiger partial charge >= 0.3 is 5.97 Å². The smallest absolute Gasteiger partial charge is 0.344 e. The molecule has 0 saturated heterocycles. The Morgan fingerprint density at radius 2 is 1.96 bits per heavy atom. The second-order valence-electron chi connectivity index (χ2n) is 4.81. The monoisotopic (exact) mass is 347 g/mol. The first kappa shape index (κ1) is 17.7. The van der Waals surface area contributed by atoms with E-state index in [0.29, 0.717) is 16.6 Å². The zero-order valence-corrected chi connectivity index (χ0v) is 14.4. The summed E-state index contributed by atoms with van der Waals surface area (Å²) in [6.07, 6.45) is 2.12. The van der Waals surface area contributed by atoms with Gasteiger partial charge in [0, 0.05) is 7.05 Å². The molecule has 0 unspecified atom stereocenters. The molecule has 0 saturated carbocycles. The largest absolute Gasteiger partial charge is 0.497 e. The van der Waals surface area contributed by atoms with Crippen LogP contribution in [0.1, 0.15) is 12.5 Å². The first-order valence-electron chi connectivity index (χ1n) is 7.20. The zero-order chi connectivity index (χ0) is 17.7. The molecule has 1 heterocycles. The van der Waals surface area contributed by atoms with E-state index >= 15 is 0 Å². The van der Waals surface area contributed by atoms with Gasteiger partial charge in [0.05, 0.1) is 18.2 Å². The maximum atomic E-state index is 12.4. The summed E-state index contributed by atoms with van der Waals surface area (Å²) in [6, 6.07) is 7.19. The number of nitrogens with zero attached hydrogens (tertiary/aromatic N) is 1. The van der Waals surface area contributed by atoms with Gasteiger partial charge in [-0.2, -0.15) is 0 Å². The zero-order valence-electron chi connectivity index (χ0n) is 13.6. The number of hydrogen-bond donors (Lipinski definition) is 0. The average Bonchev–Trinajstić information content (AvgIpc) is 2.85. The van der Waals surface area contributed by atoms with E-state index in [1.54, 1.807) is 32.2 Å². The molecule has 24 heavy (non-hydrogen) atoms. The highest BCUT2D eigenvalue weighted by molar-refractivity contribution is 7.07. The van der Waals surface area contributed by atoms with Crippen molar-refractivity contribution in [3.05, 3.63) is 49.4 Å². The summed E-state index contributed by atoms with van der Waals surface area (Å²) < 4.78 is 11.9. The summed E-state index contributed by atoms with van der Waals surface area (Å²) in [6.45, 7) is 1.80. The predicted molar refractivity (Wildman–Crippen MR) is 91.5 cm³/mol. The standard InChI is InChI=1S/C17H17NO5S/c1-4-23-17(21)13(10-19)16-18(2)15(20)14(24-16)9-11-5-7-12(22-3)8-6-11/h5-10H,4H2,1-3H3/b14-9-,16-13-. The molecule has 0 atom stereocenters. The molecule has 0 aliphatic carbocycles. The summed E-state index contributed by atoms with van der Waals surface area (Å²) in [5.41, 5.74) is 0.371. The van der Waals surface area contributed by atoms with E-state index in [0.717, 1.165) is 16.9 Å². The van der Waals surface area contributed by atoms with Crippen molar-refractivity contribution in [3.63, 3.8) is 0 Å². The van der Waals surface area contributed by atoms with Crippen molar-refractivity contribution in [1.82, 2.24) is 4.57 Å². The third-order valence-corrected chi connectivity index (χ3v) is 4.48. The van der Waals surface area contributed by atoms with E-state index < -0.39 is 5.97 Å². The molecule has 0 amide bonds. The van der Waals surface area contributed by atoms with E-state index in [9.17, 15) is 14.4 Å². The Kier molecular flexibility index (Phi) is 5.70. The summed E-state index contributed by atoms with van der Waals surface area (Å²) >= 11 is 1.07. The number of hydrogen-bond acceptors (Lipinski definition) is 6. The molecule has 0 aliphatic heterocycles. The van der Waals surface area contributed by atoms with Gasteiger partial charge in [0.2, 0.25) is 0 Å². The number of aldehydes is 1. The summed E-state index contributed by atoms with van der Waals surface area (Å²) in [5, 5.41) is 0. The maximum Gasteiger partial charge on any atom is 0.344 e. The highest BCUT2D eigenvalue weighted by atomic mass is 32.1. The van der Waals surface area contributed by atoms with Gasteiger partial charge in [-0.25, -0.2) is 4.79 Å². The molecule has 2 aromatic rings. The Labute approximate surface area is 142 Å². The number of carbonyl (C=O) groups excluding carboxylic acids is 2. The van der Waals surface area contributed by atoms with Gasteiger partial charge in [0.1, 0.15) is 16.0 Å². The predicted octanol–water partition coefficient (Wildman–Crippen LogP) is 0.197. The van der Waals surface area contributed by atoms with Gasteiger partial charge < -0.3 is 14.0 Å². The van der Waals surface area contributed by atoms with Gasteiger partial charge in [-0.1, -0.05) is 12.1 Å². The number of rotatable bonds is 5. The lowest BCUT2D eigenvalue weighted by atomic mass is 10.2. The molecule has 2 rings (SSSR count). The molecule has 0 spiro atoms. The van der Waals surface area contributed by atoms with Gasteiger partial charge in [-0.05, 0) is 30.7 Å². The fourth-order valence-corrected chi connectivity index (χ4v) is 3.14. The molecule has 0 radical (unpaired) electrons. The van der Waals surface area contributed by atoms with Gasteiger partial charge in [-0.3, -0.25) is 9.59 Å². The first-order chi connectivity index (χ1) is 11.5. The van der Waals surface area contributed by atoms with Gasteiger partial charge in [0.25, 0.3) is 5.56 Å². The van der Waals surface area contributed by atoms with Crippen LogP contribution in [0.3, 0.4) is 0 Å². The number of esters is 1. The molecule has 0 fully saturated rings. The fraction of sp³-hybridized carbons (Fsp3) is 0.235. The Hall–Kier alpha value is -2.67. The summed E-state index contributed by atoms with van der Waals surface area (Å²) in [4.78, 5) is 35.5. The average molecular weight is 347 g/mol. The first-order valence-corrected chi connectivity index (χ1v) is 8.01. The quantitative estimate of drug-likeness (QED) is 0.439. The van der Waals surface area contributed by atoms with Gasteiger partial charge in [0.15, 0.2) is 6.29 Å². The van der Waals surface area contributed by atoms with Crippen LogP contribution in [0.25, 0.3) is 11.6 Å². The van der Waals surface area contributed by atoms with Crippen LogP contribution >= 0.6 is 11.3 Å². The van der Waals surface area contributed by atoms with E-state index in [4.69, 9.17) is 9.47 Å². The lowest BCUT2D eigenvalue weighted by Gasteiger charge is -1.99. The molecule has 0 bridgehead atoms. The number of benzene rings is 1. The Morgan fingerprint density at radius 1 is 1.29 bits per heavy atom. The van der Waals surface area contributed by atoms with Crippen LogP contribution in [-0.4, -0.2) is 30.5 Å². The van der Waals surface area contributed by atoms with Crippen LogP contribution in [0.2, 0.25) is 0 Å². The molecule has 6 nitrogen and oxygen atoms in total. The van der Waals surface area contributed by atoms with Crippen LogP contribution in [0, 0.1) is 0 Å². The molecular formula is C17H17NO5S. The van der Waals surface area contributed by atoms with Crippen molar-refractivity contribution in [1.29, 1.82) is 0 Å². The van der Waals surface area contributed by atoms with Crippen LogP contribution in [-0.2, 0) is 21.4 Å². The second-order valence-corrected chi connectivity index (χ2v) is 5.84. The van der Waals surface area contributed by atoms with Crippen LogP contribution in [0.15, 0.2) is 29.1 Å². The Morgan fingerprint density at radius 3 is 2.50 bits per heavy atom. The van der Waals surface area contributed by atoms with E-state index in [2.05, 4.69) is 0 Å². The minimum atomic E-state index is -0.736. The Balaban J connectivity index is 2.62. The molecule has 1 aromatic carbocycles.